The molecule has 3 aromatic rings. The monoisotopic (exact) mass is 460 g/mol. The van der Waals surface area contributed by atoms with Gasteiger partial charge in [0.2, 0.25) is 0 Å². The average molecular weight is 461 g/mol. The number of furan rings is 1. The molecular weight excluding hydrogens is 448 g/mol. The molecule has 0 fully saturated rings. The summed E-state index contributed by atoms with van der Waals surface area (Å²) in [6, 6.07) is 6.53. The number of methoxy groups -OCH3 is 1. The predicted octanol–water partition coefficient (Wildman–Crippen LogP) is 5.65. The molecule has 1 heterocycles. The van der Waals surface area contributed by atoms with E-state index in [0.29, 0.717) is 16.3 Å². The number of halogens is 5. The Labute approximate surface area is 165 Å². The van der Waals surface area contributed by atoms with E-state index in [9.17, 15) is 22.4 Å². The first-order valence-corrected chi connectivity index (χ1v) is 8.73. The molecule has 28 heavy (non-hydrogen) atoms. The van der Waals surface area contributed by atoms with E-state index in [1.54, 1.807) is 6.07 Å². The minimum atomic E-state index is -4.56. The Morgan fingerprint density at radius 2 is 1.96 bits per heavy atom. The third-order valence-electron chi connectivity index (χ3n) is 3.97. The first-order valence-electron chi connectivity index (χ1n) is 7.94. The Morgan fingerprint density at radius 3 is 2.64 bits per heavy atom. The zero-order chi connectivity index (χ0) is 20.5. The lowest BCUT2D eigenvalue weighted by molar-refractivity contribution is -0.140. The maximum Gasteiger partial charge on any atom is 0.420 e. The van der Waals surface area contributed by atoms with Crippen molar-refractivity contribution in [3.05, 3.63) is 63.6 Å². The standard InChI is InChI=1S/C19H13BrF4O4/c1-26-17(25)7-11-6-12(21)2-3-16(11)27-8-10-4-13-14(19(22,23)24)9-28-18(13)15(20)5-10/h2-6,9H,7-8H2,1H3. The highest BCUT2D eigenvalue weighted by Crippen LogP contribution is 2.39. The number of hydrogen-bond acceptors (Lipinski definition) is 4. The molecule has 0 atom stereocenters. The first kappa shape index (κ1) is 20.2. The van der Waals surface area contributed by atoms with Crippen LogP contribution in [0.1, 0.15) is 16.7 Å². The largest absolute Gasteiger partial charge is 0.489 e. The fourth-order valence-electron chi connectivity index (χ4n) is 2.67. The van der Waals surface area contributed by atoms with Gasteiger partial charge in [0.25, 0.3) is 0 Å². The van der Waals surface area contributed by atoms with E-state index in [1.165, 1.54) is 19.2 Å². The van der Waals surface area contributed by atoms with Crippen LogP contribution in [0.3, 0.4) is 0 Å². The van der Waals surface area contributed by atoms with E-state index in [1.807, 2.05) is 0 Å². The van der Waals surface area contributed by atoms with Crippen molar-refractivity contribution >= 4 is 32.9 Å². The third kappa shape index (κ3) is 4.30. The summed E-state index contributed by atoms with van der Waals surface area (Å²) in [5.74, 6) is -0.900. The number of ether oxygens (including phenoxy) is 2. The molecule has 0 spiro atoms. The Hall–Kier alpha value is -2.55. The van der Waals surface area contributed by atoms with E-state index in [2.05, 4.69) is 20.7 Å². The van der Waals surface area contributed by atoms with E-state index < -0.39 is 23.5 Å². The number of rotatable bonds is 5. The summed E-state index contributed by atoms with van der Waals surface area (Å²) >= 11 is 3.19. The van der Waals surface area contributed by atoms with Gasteiger partial charge in [0.15, 0.2) is 0 Å². The van der Waals surface area contributed by atoms with Crippen LogP contribution in [0.2, 0.25) is 0 Å². The minimum Gasteiger partial charge on any atom is -0.489 e. The third-order valence-corrected chi connectivity index (χ3v) is 4.56. The predicted molar refractivity (Wildman–Crippen MR) is 95.4 cm³/mol. The van der Waals surface area contributed by atoms with Gasteiger partial charge in [-0.15, -0.1) is 0 Å². The maximum atomic E-state index is 13.5. The summed E-state index contributed by atoms with van der Waals surface area (Å²) in [6.07, 6.45) is -4.10. The van der Waals surface area contributed by atoms with Crippen LogP contribution in [0.15, 0.2) is 45.5 Å². The SMILES string of the molecule is COC(=O)Cc1cc(F)ccc1OCc1cc(Br)c2occ(C(F)(F)F)c2c1. The number of hydrogen-bond donors (Lipinski definition) is 0. The van der Waals surface area contributed by atoms with Crippen molar-refractivity contribution in [1.82, 2.24) is 0 Å². The quantitative estimate of drug-likeness (QED) is 0.364. The molecule has 2 aromatic carbocycles. The summed E-state index contributed by atoms with van der Waals surface area (Å²) in [5, 5.41) is -0.102. The molecular formula is C19H13BrF4O4. The fraction of sp³-hybridized carbons (Fsp3) is 0.211. The van der Waals surface area contributed by atoms with Crippen molar-refractivity contribution < 1.29 is 36.2 Å². The van der Waals surface area contributed by atoms with Gasteiger partial charge in [0.05, 0.1) is 18.0 Å². The van der Waals surface area contributed by atoms with Gasteiger partial charge in [0, 0.05) is 10.9 Å². The number of esters is 1. The van der Waals surface area contributed by atoms with Gasteiger partial charge in [-0.25, -0.2) is 4.39 Å². The van der Waals surface area contributed by atoms with Gasteiger partial charge < -0.3 is 13.9 Å². The van der Waals surface area contributed by atoms with Crippen LogP contribution in [0.4, 0.5) is 17.6 Å². The topological polar surface area (TPSA) is 48.7 Å². The second-order valence-corrected chi connectivity index (χ2v) is 6.75. The van der Waals surface area contributed by atoms with Crippen LogP contribution in [0.25, 0.3) is 11.0 Å². The molecule has 0 N–H and O–H groups in total. The molecule has 0 saturated carbocycles. The van der Waals surface area contributed by atoms with Gasteiger partial charge in [-0.1, -0.05) is 0 Å². The molecule has 148 valence electrons. The van der Waals surface area contributed by atoms with Gasteiger partial charge >= 0.3 is 12.1 Å². The van der Waals surface area contributed by atoms with Crippen LogP contribution < -0.4 is 4.74 Å². The molecule has 1 aromatic heterocycles. The Bertz CT molecular complexity index is 1030. The number of fused-ring (bicyclic) bond motifs is 1. The van der Waals surface area contributed by atoms with E-state index >= 15 is 0 Å². The smallest absolute Gasteiger partial charge is 0.420 e. The van der Waals surface area contributed by atoms with Crippen molar-refractivity contribution in [1.29, 1.82) is 0 Å². The molecule has 0 saturated heterocycles. The normalized spacial score (nSPS) is 11.6. The number of benzene rings is 2. The van der Waals surface area contributed by atoms with Crippen molar-refractivity contribution in [3.8, 4) is 5.75 Å². The molecule has 0 aliphatic heterocycles. The van der Waals surface area contributed by atoms with Gasteiger partial charge in [-0.05, 0) is 51.8 Å². The molecule has 0 amide bonds. The van der Waals surface area contributed by atoms with E-state index in [0.717, 1.165) is 12.1 Å². The second kappa shape index (κ2) is 7.83. The minimum absolute atomic E-state index is 0.0734. The fourth-order valence-corrected chi connectivity index (χ4v) is 3.27. The molecule has 0 bridgehead atoms. The summed E-state index contributed by atoms with van der Waals surface area (Å²) in [6.45, 7) is -0.100. The zero-order valence-corrected chi connectivity index (χ0v) is 16.0. The van der Waals surface area contributed by atoms with E-state index in [-0.39, 0.29) is 35.3 Å². The second-order valence-electron chi connectivity index (χ2n) is 5.90. The van der Waals surface area contributed by atoms with Gasteiger partial charge in [0.1, 0.15) is 35.6 Å². The zero-order valence-electron chi connectivity index (χ0n) is 14.4. The van der Waals surface area contributed by atoms with Crippen LogP contribution >= 0.6 is 15.9 Å². The molecule has 0 radical (unpaired) electrons. The van der Waals surface area contributed by atoms with E-state index in [4.69, 9.17) is 9.15 Å². The molecule has 4 nitrogen and oxygen atoms in total. The molecule has 0 unspecified atom stereocenters. The Kier molecular flexibility index (Phi) is 5.64. The van der Waals surface area contributed by atoms with Crippen molar-refractivity contribution in [2.75, 3.05) is 7.11 Å². The summed E-state index contributed by atoms with van der Waals surface area (Å²) in [4.78, 5) is 11.5. The van der Waals surface area contributed by atoms with Crippen LogP contribution in [-0.2, 0) is 28.7 Å². The number of alkyl halides is 3. The molecule has 0 aliphatic rings. The summed E-state index contributed by atoms with van der Waals surface area (Å²) in [7, 11) is 1.21. The van der Waals surface area contributed by atoms with Crippen LogP contribution in [0.5, 0.6) is 5.75 Å². The van der Waals surface area contributed by atoms with Gasteiger partial charge in [-0.3, -0.25) is 4.79 Å². The number of carbonyl (C=O) groups is 1. The lowest BCUT2D eigenvalue weighted by Gasteiger charge is -2.12. The highest BCUT2D eigenvalue weighted by Gasteiger charge is 2.35. The summed E-state index contributed by atoms with van der Waals surface area (Å²) in [5.41, 5.74) is -0.117. The Balaban J connectivity index is 1.89. The van der Waals surface area contributed by atoms with Crippen molar-refractivity contribution in [2.24, 2.45) is 0 Å². The molecule has 0 aliphatic carbocycles. The van der Waals surface area contributed by atoms with Crippen molar-refractivity contribution in [2.45, 2.75) is 19.2 Å². The molecule has 3 rings (SSSR count). The average Bonchev–Trinajstić information content (AvgIpc) is 3.06. The van der Waals surface area contributed by atoms with Crippen LogP contribution in [0, 0.1) is 5.82 Å². The van der Waals surface area contributed by atoms with Crippen molar-refractivity contribution in [3.63, 3.8) is 0 Å². The highest BCUT2D eigenvalue weighted by atomic mass is 79.9. The maximum absolute atomic E-state index is 13.5. The molecule has 9 heteroatoms. The van der Waals surface area contributed by atoms with Crippen LogP contribution in [-0.4, -0.2) is 13.1 Å². The number of carbonyl (C=O) groups excluding carboxylic acids is 1. The first-order chi connectivity index (χ1) is 13.2. The lowest BCUT2D eigenvalue weighted by atomic mass is 10.1. The lowest BCUT2D eigenvalue weighted by Crippen LogP contribution is -2.07. The summed E-state index contributed by atoms with van der Waals surface area (Å²) < 4.78 is 68.4. The Morgan fingerprint density at radius 1 is 1.21 bits per heavy atom. The highest BCUT2D eigenvalue weighted by molar-refractivity contribution is 9.10. The van der Waals surface area contributed by atoms with Gasteiger partial charge in [-0.2, -0.15) is 13.2 Å².